The minimum absolute atomic E-state index is 0.0300. The maximum absolute atomic E-state index is 10.7. The smallest absolute Gasteiger partial charge is 0.333 e. The molecule has 0 amide bonds. The van der Waals surface area contributed by atoms with E-state index in [-0.39, 0.29) is 5.92 Å². The number of ether oxygens (including phenoxy) is 2. The summed E-state index contributed by atoms with van der Waals surface area (Å²) in [5, 5.41) is 8.78. The first-order chi connectivity index (χ1) is 5.75. The Labute approximate surface area is 71.5 Å². The third-order valence-electron chi connectivity index (χ3n) is 1.98. The van der Waals surface area contributed by atoms with Crippen LogP contribution in [0.1, 0.15) is 13.3 Å². The summed E-state index contributed by atoms with van der Waals surface area (Å²) < 4.78 is 10.2. The molecule has 0 aliphatic carbocycles. The average molecular weight is 174 g/mol. The highest BCUT2D eigenvalue weighted by atomic mass is 16.5. The molecule has 0 saturated carbocycles. The molecule has 0 spiro atoms. The molecule has 1 saturated heterocycles. The van der Waals surface area contributed by atoms with Gasteiger partial charge in [0.1, 0.15) is 0 Å². The number of rotatable bonds is 4. The van der Waals surface area contributed by atoms with Crippen molar-refractivity contribution in [1.82, 2.24) is 0 Å². The maximum Gasteiger partial charge on any atom is 0.333 e. The van der Waals surface area contributed by atoms with Gasteiger partial charge in [0.15, 0.2) is 6.10 Å². The van der Waals surface area contributed by atoms with E-state index in [0.29, 0.717) is 19.8 Å². The van der Waals surface area contributed by atoms with Gasteiger partial charge in [0.2, 0.25) is 0 Å². The molecule has 70 valence electrons. The Morgan fingerprint density at radius 2 is 2.58 bits per heavy atom. The van der Waals surface area contributed by atoms with Gasteiger partial charge in [0, 0.05) is 19.1 Å². The first-order valence-electron chi connectivity index (χ1n) is 4.18. The Balaban J connectivity index is 2.45. The van der Waals surface area contributed by atoms with Crippen molar-refractivity contribution in [2.24, 2.45) is 5.92 Å². The molecular formula is C8H14O4. The van der Waals surface area contributed by atoms with Gasteiger partial charge in [-0.25, -0.2) is 4.79 Å². The van der Waals surface area contributed by atoms with Gasteiger partial charge in [-0.1, -0.05) is 0 Å². The van der Waals surface area contributed by atoms with Gasteiger partial charge >= 0.3 is 5.97 Å². The van der Waals surface area contributed by atoms with Gasteiger partial charge < -0.3 is 14.6 Å². The zero-order valence-electron chi connectivity index (χ0n) is 7.16. The van der Waals surface area contributed by atoms with Gasteiger partial charge in [-0.05, 0) is 13.3 Å². The summed E-state index contributed by atoms with van der Waals surface area (Å²) >= 11 is 0. The van der Waals surface area contributed by atoms with Gasteiger partial charge in [-0.2, -0.15) is 0 Å². The highest BCUT2D eigenvalue weighted by molar-refractivity contribution is 5.72. The van der Waals surface area contributed by atoms with Crippen LogP contribution >= 0.6 is 0 Å². The molecule has 12 heavy (non-hydrogen) atoms. The number of hydrogen-bond acceptors (Lipinski definition) is 3. The fraction of sp³-hybridized carbons (Fsp3) is 0.875. The van der Waals surface area contributed by atoms with Crippen molar-refractivity contribution in [2.45, 2.75) is 19.4 Å². The molecule has 1 aliphatic heterocycles. The zero-order valence-corrected chi connectivity index (χ0v) is 7.16. The topological polar surface area (TPSA) is 55.8 Å². The molecule has 0 bridgehead atoms. The van der Waals surface area contributed by atoms with Crippen molar-refractivity contribution in [3.63, 3.8) is 0 Å². The van der Waals surface area contributed by atoms with E-state index in [1.807, 2.05) is 0 Å². The van der Waals surface area contributed by atoms with E-state index >= 15 is 0 Å². The molecule has 2 atom stereocenters. The van der Waals surface area contributed by atoms with Crippen molar-refractivity contribution in [3.05, 3.63) is 0 Å². The molecule has 1 fully saturated rings. The molecule has 4 nitrogen and oxygen atoms in total. The summed E-state index contributed by atoms with van der Waals surface area (Å²) in [5.41, 5.74) is 0. The van der Waals surface area contributed by atoms with Crippen molar-refractivity contribution >= 4 is 5.97 Å². The second-order valence-electron chi connectivity index (χ2n) is 2.84. The van der Waals surface area contributed by atoms with Crippen LogP contribution in [0.25, 0.3) is 0 Å². The highest BCUT2D eigenvalue weighted by Crippen LogP contribution is 2.19. The fourth-order valence-electron chi connectivity index (χ4n) is 1.38. The Kier molecular flexibility index (Phi) is 3.49. The molecule has 2 unspecified atom stereocenters. The van der Waals surface area contributed by atoms with E-state index < -0.39 is 12.1 Å². The van der Waals surface area contributed by atoms with Crippen LogP contribution in [0, 0.1) is 5.92 Å². The lowest BCUT2D eigenvalue weighted by Crippen LogP contribution is -2.32. The lowest BCUT2D eigenvalue weighted by molar-refractivity contribution is -0.154. The summed E-state index contributed by atoms with van der Waals surface area (Å²) in [6, 6.07) is 0. The third-order valence-corrected chi connectivity index (χ3v) is 1.98. The van der Waals surface area contributed by atoms with E-state index in [1.54, 1.807) is 6.92 Å². The number of carboxylic acid groups (broad SMARTS) is 1. The molecule has 1 N–H and O–H groups in total. The molecule has 0 aromatic rings. The highest BCUT2D eigenvalue weighted by Gasteiger charge is 2.31. The number of carboxylic acids is 1. The van der Waals surface area contributed by atoms with Crippen molar-refractivity contribution < 1.29 is 19.4 Å². The predicted octanol–water partition coefficient (Wildman–Crippen LogP) is 0.513. The van der Waals surface area contributed by atoms with Crippen LogP contribution in [0.2, 0.25) is 0 Å². The predicted molar refractivity (Wildman–Crippen MR) is 42.0 cm³/mol. The van der Waals surface area contributed by atoms with Crippen LogP contribution < -0.4 is 0 Å². The van der Waals surface area contributed by atoms with Crippen LogP contribution in [0.15, 0.2) is 0 Å². The molecular weight excluding hydrogens is 160 g/mol. The Morgan fingerprint density at radius 3 is 3.00 bits per heavy atom. The van der Waals surface area contributed by atoms with Crippen LogP contribution in [0.3, 0.4) is 0 Å². The first kappa shape index (κ1) is 9.48. The van der Waals surface area contributed by atoms with Crippen LogP contribution in [-0.2, 0) is 14.3 Å². The molecule has 0 aromatic heterocycles. The maximum atomic E-state index is 10.7. The summed E-state index contributed by atoms with van der Waals surface area (Å²) in [4.78, 5) is 10.7. The number of hydrogen-bond donors (Lipinski definition) is 1. The van der Waals surface area contributed by atoms with Crippen LogP contribution in [-0.4, -0.2) is 37.0 Å². The SMILES string of the molecule is CCOC(C(=O)O)C1CCOC1. The third kappa shape index (κ3) is 2.19. The van der Waals surface area contributed by atoms with E-state index in [1.165, 1.54) is 0 Å². The summed E-state index contributed by atoms with van der Waals surface area (Å²) in [6.45, 7) is 3.40. The van der Waals surface area contributed by atoms with Crippen molar-refractivity contribution in [1.29, 1.82) is 0 Å². The Bertz CT molecular complexity index is 151. The molecule has 4 heteroatoms. The second-order valence-corrected chi connectivity index (χ2v) is 2.84. The number of aliphatic carboxylic acids is 1. The molecule has 0 radical (unpaired) electrons. The molecule has 0 aromatic carbocycles. The molecule has 1 rings (SSSR count). The lowest BCUT2D eigenvalue weighted by Gasteiger charge is -2.17. The second kappa shape index (κ2) is 4.42. The average Bonchev–Trinajstić information content (AvgIpc) is 2.51. The van der Waals surface area contributed by atoms with Gasteiger partial charge in [-0.15, -0.1) is 0 Å². The number of carbonyl (C=O) groups is 1. The normalized spacial score (nSPS) is 25.6. The van der Waals surface area contributed by atoms with Crippen LogP contribution in [0.5, 0.6) is 0 Å². The quantitative estimate of drug-likeness (QED) is 0.674. The lowest BCUT2D eigenvalue weighted by atomic mass is 10.0. The summed E-state index contributed by atoms with van der Waals surface area (Å²) in [7, 11) is 0. The summed E-state index contributed by atoms with van der Waals surface area (Å²) in [6.07, 6.45) is 0.106. The van der Waals surface area contributed by atoms with E-state index in [2.05, 4.69) is 0 Å². The van der Waals surface area contributed by atoms with Crippen molar-refractivity contribution in [2.75, 3.05) is 19.8 Å². The summed E-state index contributed by atoms with van der Waals surface area (Å²) in [5.74, 6) is -0.852. The first-order valence-corrected chi connectivity index (χ1v) is 4.18. The van der Waals surface area contributed by atoms with Crippen molar-refractivity contribution in [3.8, 4) is 0 Å². The van der Waals surface area contributed by atoms with E-state index in [4.69, 9.17) is 14.6 Å². The Morgan fingerprint density at radius 1 is 1.83 bits per heavy atom. The Hall–Kier alpha value is -0.610. The molecule has 1 heterocycles. The van der Waals surface area contributed by atoms with E-state index in [9.17, 15) is 4.79 Å². The van der Waals surface area contributed by atoms with E-state index in [0.717, 1.165) is 6.42 Å². The molecule has 1 aliphatic rings. The fourth-order valence-corrected chi connectivity index (χ4v) is 1.38. The van der Waals surface area contributed by atoms with Gasteiger partial charge in [0.25, 0.3) is 0 Å². The van der Waals surface area contributed by atoms with Gasteiger partial charge in [-0.3, -0.25) is 0 Å². The van der Waals surface area contributed by atoms with Crippen LogP contribution in [0.4, 0.5) is 0 Å². The minimum atomic E-state index is -0.882. The zero-order chi connectivity index (χ0) is 8.97. The monoisotopic (exact) mass is 174 g/mol. The largest absolute Gasteiger partial charge is 0.479 e. The van der Waals surface area contributed by atoms with Gasteiger partial charge in [0.05, 0.1) is 6.61 Å². The minimum Gasteiger partial charge on any atom is -0.479 e. The standard InChI is InChI=1S/C8H14O4/c1-2-12-7(8(9)10)6-3-4-11-5-6/h6-7H,2-5H2,1H3,(H,9,10).